The first-order valence-electron chi connectivity index (χ1n) is 2.92. The molecule has 3 nitrogen and oxygen atoms in total. The molecule has 3 heteroatoms. The summed E-state index contributed by atoms with van der Waals surface area (Å²) in [5.41, 5.74) is 5.77. The van der Waals surface area contributed by atoms with E-state index in [2.05, 4.69) is 18.3 Å². The first-order chi connectivity index (χ1) is 4.76. The van der Waals surface area contributed by atoms with E-state index in [1.165, 1.54) is 12.3 Å². The fourth-order valence-corrected chi connectivity index (χ4v) is 0.516. The fourth-order valence-electron chi connectivity index (χ4n) is 0.516. The maximum atomic E-state index is 9.10. The monoisotopic (exact) mass is 140 g/mol. The molecule has 0 heterocycles. The minimum atomic E-state index is -0.678. The molecule has 0 rings (SSSR count). The largest absolute Gasteiger partial charge is 0.387 e. The van der Waals surface area contributed by atoms with E-state index < -0.39 is 6.10 Å². The van der Waals surface area contributed by atoms with Crippen molar-refractivity contribution in [2.24, 2.45) is 10.7 Å². The van der Waals surface area contributed by atoms with Crippen LogP contribution in [-0.2, 0) is 0 Å². The Labute approximate surface area is 60.6 Å². The van der Waals surface area contributed by atoms with Crippen LogP contribution in [0.4, 0.5) is 0 Å². The van der Waals surface area contributed by atoms with Crippen LogP contribution in [0.25, 0.3) is 0 Å². The van der Waals surface area contributed by atoms with Gasteiger partial charge in [0.1, 0.15) is 0 Å². The lowest BCUT2D eigenvalue weighted by molar-refractivity contribution is 0.222. The quantitative estimate of drug-likeness (QED) is 0.429. The second-order valence-corrected chi connectivity index (χ2v) is 1.77. The molecule has 0 fully saturated rings. The second-order valence-electron chi connectivity index (χ2n) is 1.77. The molecular weight excluding hydrogens is 128 g/mol. The van der Waals surface area contributed by atoms with Crippen molar-refractivity contribution in [3.8, 4) is 0 Å². The third-order valence-corrected chi connectivity index (χ3v) is 1.08. The van der Waals surface area contributed by atoms with Gasteiger partial charge in [0.25, 0.3) is 0 Å². The number of aliphatic hydroxyl groups excluding tert-OH is 1. The minimum absolute atomic E-state index is 0.174. The van der Waals surface area contributed by atoms with Crippen molar-refractivity contribution in [2.75, 3.05) is 6.54 Å². The fraction of sp³-hybridized carbons (Fsp3) is 0.286. The van der Waals surface area contributed by atoms with Gasteiger partial charge in [0, 0.05) is 12.7 Å². The van der Waals surface area contributed by atoms with Crippen LogP contribution in [0.3, 0.4) is 0 Å². The van der Waals surface area contributed by atoms with Crippen LogP contribution in [-0.4, -0.2) is 24.5 Å². The highest BCUT2D eigenvalue weighted by Gasteiger charge is 2.02. The molecule has 0 radical (unpaired) electrons. The highest BCUT2D eigenvalue weighted by Crippen LogP contribution is 2.01. The molecule has 0 spiro atoms. The second kappa shape index (κ2) is 4.90. The van der Waals surface area contributed by atoms with E-state index in [-0.39, 0.29) is 6.54 Å². The van der Waals surface area contributed by atoms with Crippen LogP contribution in [0.1, 0.15) is 0 Å². The molecule has 0 saturated heterocycles. The molecule has 1 unspecified atom stereocenters. The highest BCUT2D eigenvalue weighted by atomic mass is 16.3. The number of hydrogen-bond acceptors (Lipinski definition) is 3. The van der Waals surface area contributed by atoms with Crippen molar-refractivity contribution in [1.82, 2.24) is 0 Å². The molecule has 0 amide bonds. The summed E-state index contributed by atoms with van der Waals surface area (Å²) in [4.78, 5) is 3.48. The average molecular weight is 140 g/mol. The van der Waals surface area contributed by atoms with Crippen LogP contribution in [0, 0.1) is 0 Å². The van der Waals surface area contributed by atoms with Crippen molar-refractivity contribution in [3.05, 3.63) is 24.4 Å². The minimum Gasteiger partial charge on any atom is -0.387 e. The lowest BCUT2D eigenvalue weighted by atomic mass is 10.1. The third kappa shape index (κ3) is 2.57. The first-order valence-corrected chi connectivity index (χ1v) is 2.92. The predicted octanol–water partition coefficient (Wildman–Crippen LogP) is 0.0765. The summed E-state index contributed by atoms with van der Waals surface area (Å²) in [7, 11) is 0. The summed E-state index contributed by atoms with van der Waals surface area (Å²) in [5.74, 6) is 0. The van der Waals surface area contributed by atoms with Crippen molar-refractivity contribution in [3.63, 3.8) is 0 Å². The van der Waals surface area contributed by atoms with Gasteiger partial charge in [0.2, 0.25) is 0 Å². The summed E-state index contributed by atoms with van der Waals surface area (Å²) in [6, 6.07) is 0. The SMILES string of the molecule is C=C/C(=C\N=C)C(O)CN. The van der Waals surface area contributed by atoms with Gasteiger partial charge in [-0.05, 0) is 12.3 Å². The molecule has 0 aromatic heterocycles. The van der Waals surface area contributed by atoms with E-state index in [1.54, 1.807) is 0 Å². The van der Waals surface area contributed by atoms with Crippen LogP contribution in [0.2, 0.25) is 0 Å². The van der Waals surface area contributed by atoms with Crippen molar-refractivity contribution < 1.29 is 5.11 Å². The zero-order chi connectivity index (χ0) is 7.98. The Balaban J connectivity index is 4.18. The molecule has 0 bridgehead atoms. The summed E-state index contributed by atoms with van der Waals surface area (Å²) in [6.45, 7) is 6.89. The summed E-state index contributed by atoms with van der Waals surface area (Å²) < 4.78 is 0. The predicted molar refractivity (Wildman–Crippen MR) is 42.9 cm³/mol. The maximum Gasteiger partial charge on any atom is 0.0926 e. The Kier molecular flexibility index (Phi) is 4.45. The van der Waals surface area contributed by atoms with Gasteiger partial charge in [-0.1, -0.05) is 12.7 Å². The van der Waals surface area contributed by atoms with E-state index in [0.717, 1.165) is 0 Å². The highest BCUT2D eigenvalue weighted by molar-refractivity contribution is 5.29. The van der Waals surface area contributed by atoms with Gasteiger partial charge in [0.15, 0.2) is 0 Å². The van der Waals surface area contributed by atoms with Crippen LogP contribution in [0.15, 0.2) is 29.4 Å². The number of hydrogen-bond donors (Lipinski definition) is 2. The Morgan fingerprint density at radius 2 is 2.40 bits per heavy atom. The molecule has 0 aliphatic carbocycles. The maximum absolute atomic E-state index is 9.10. The molecule has 1 atom stereocenters. The van der Waals surface area contributed by atoms with Crippen molar-refractivity contribution in [1.29, 1.82) is 0 Å². The lowest BCUT2D eigenvalue weighted by Gasteiger charge is -2.05. The van der Waals surface area contributed by atoms with E-state index in [9.17, 15) is 0 Å². The molecule has 10 heavy (non-hydrogen) atoms. The molecule has 3 N–H and O–H groups in total. The number of aliphatic imine (C=N–C) groups is 1. The standard InChI is InChI=1S/C7H12N2O/c1-3-6(5-9-2)7(10)4-8/h3,5,7,10H,1-2,4,8H2/b6-5+. The third-order valence-electron chi connectivity index (χ3n) is 1.08. The molecule has 0 saturated carbocycles. The first kappa shape index (κ1) is 9.07. The average Bonchev–Trinajstić information content (AvgIpc) is 1.99. The number of rotatable bonds is 4. The molecular formula is C7H12N2O. The van der Waals surface area contributed by atoms with E-state index in [4.69, 9.17) is 10.8 Å². The van der Waals surface area contributed by atoms with Gasteiger partial charge in [-0.25, -0.2) is 0 Å². The zero-order valence-corrected chi connectivity index (χ0v) is 5.83. The van der Waals surface area contributed by atoms with Crippen LogP contribution in [0.5, 0.6) is 0 Å². The molecule has 56 valence electrons. The normalized spacial score (nSPS) is 14.4. The van der Waals surface area contributed by atoms with Crippen molar-refractivity contribution in [2.45, 2.75) is 6.10 Å². The summed E-state index contributed by atoms with van der Waals surface area (Å²) in [5, 5.41) is 9.10. The number of nitrogens with two attached hydrogens (primary N) is 1. The van der Waals surface area contributed by atoms with Crippen molar-refractivity contribution >= 4 is 6.72 Å². The molecule has 0 aliphatic rings. The summed E-state index contributed by atoms with van der Waals surface area (Å²) >= 11 is 0. The van der Waals surface area contributed by atoms with Gasteiger partial charge >= 0.3 is 0 Å². The molecule has 0 aromatic carbocycles. The number of aliphatic hydroxyl groups is 1. The molecule has 0 aromatic rings. The van der Waals surface area contributed by atoms with Gasteiger partial charge in [-0.2, -0.15) is 0 Å². The van der Waals surface area contributed by atoms with E-state index >= 15 is 0 Å². The van der Waals surface area contributed by atoms with Crippen LogP contribution < -0.4 is 5.73 Å². The number of nitrogens with zero attached hydrogens (tertiary/aromatic N) is 1. The topological polar surface area (TPSA) is 58.6 Å². The Morgan fingerprint density at radius 3 is 2.70 bits per heavy atom. The van der Waals surface area contributed by atoms with Gasteiger partial charge < -0.3 is 10.8 Å². The lowest BCUT2D eigenvalue weighted by Crippen LogP contribution is -2.20. The smallest absolute Gasteiger partial charge is 0.0926 e. The Bertz CT molecular complexity index is 152. The van der Waals surface area contributed by atoms with Gasteiger partial charge in [-0.3, -0.25) is 4.99 Å². The van der Waals surface area contributed by atoms with Gasteiger partial charge in [0.05, 0.1) is 6.10 Å². The molecule has 0 aliphatic heterocycles. The van der Waals surface area contributed by atoms with E-state index in [0.29, 0.717) is 5.57 Å². The van der Waals surface area contributed by atoms with Crippen LogP contribution >= 0.6 is 0 Å². The summed E-state index contributed by atoms with van der Waals surface area (Å²) in [6.07, 6.45) is 2.26. The Hall–Kier alpha value is -0.930. The zero-order valence-electron chi connectivity index (χ0n) is 5.83. The van der Waals surface area contributed by atoms with E-state index in [1.807, 2.05) is 0 Å². The Morgan fingerprint density at radius 1 is 1.80 bits per heavy atom. The van der Waals surface area contributed by atoms with Gasteiger partial charge in [-0.15, -0.1) is 0 Å².